The highest BCUT2D eigenvalue weighted by atomic mass is 19.1. The van der Waals surface area contributed by atoms with E-state index in [-0.39, 0.29) is 24.3 Å². The van der Waals surface area contributed by atoms with Gasteiger partial charge < -0.3 is 19.1 Å². The molecule has 1 spiro atoms. The predicted octanol–water partition coefficient (Wildman–Crippen LogP) is 2.24. The molecular formula is C16H18FNO4. The number of halogens is 1. The van der Waals surface area contributed by atoms with E-state index in [2.05, 4.69) is 0 Å². The molecule has 5 nitrogen and oxygen atoms in total. The van der Waals surface area contributed by atoms with Crippen molar-refractivity contribution in [2.75, 3.05) is 24.7 Å². The average Bonchev–Trinajstić information content (AvgIpc) is 2.97. The zero-order valence-corrected chi connectivity index (χ0v) is 12.2. The second kappa shape index (κ2) is 5.21. The van der Waals surface area contributed by atoms with E-state index in [4.69, 9.17) is 14.2 Å². The summed E-state index contributed by atoms with van der Waals surface area (Å²) < 4.78 is 30.6. The summed E-state index contributed by atoms with van der Waals surface area (Å²) in [6.07, 6.45) is 3.07. The van der Waals surface area contributed by atoms with E-state index >= 15 is 0 Å². The van der Waals surface area contributed by atoms with Gasteiger partial charge in [-0.25, -0.2) is 4.39 Å². The fourth-order valence-electron chi connectivity index (χ4n) is 3.65. The lowest BCUT2D eigenvalue weighted by Crippen LogP contribution is -2.50. The van der Waals surface area contributed by atoms with Gasteiger partial charge in [-0.3, -0.25) is 4.79 Å². The van der Waals surface area contributed by atoms with Crippen LogP contribution in [0.15, 0.2) is 18.2 Å². The Morgan fingerprint density at radius 1 is 1.18 bits per heavy atom. The van der Waals surface area contributed by atoms with Gasteiger partial charge in [0.05, 0.1) is 18.9 Å². The van der Waals surface area contributed by atoms with E-state index in [1.165, 1.54) is 6.07 Å². The molecule has 0 unspecified atom stereocenters. The van der Waals surface area contributed by atoms with Gasteiger partial charge in [0.1, 0.15) is 0 Å². The molecule has 2 heterocycles. The number of carbonyl (C=O) groups excluding carboxylic acids is 1. The third kappa shape index (κ3) is 2.18. The average molecular weight is 307 g/mol. The predicted molar refractivity (Wildman–Crippen MR) is 76.3 cm³/mol. The van der Waals surface area contributed by atoms with Crippen molar-refractivity contribution in [3.63, 3.8) is 0 Å². The Morgan fingerprint density at radius 3 is 2.64 bits per heavy atom. The molecule has 118 valence electrons. The standard InChI is InChI=1S/C16H18FNO4/c17-12-2-1-3-13-15(12)20-10-14(19)18(13)11-4-6-16(7-5-11)21-8-9-22-16/h1-3,11H,4-10H2. The van der Waals surface area contributed by atoms with E-state index in [1.54, 1.807) is 17.0 Å². The molecule has 1 aromatic carbocycles. The minimum Gasteiger partial charge on any atom is -0.478 e. The first-order valence-electron chi connectivity index (χ1n) is 7.70. The molecule has 1 aliphatic carbocycles. The molecular weight excluding hydrogens is 289 g/mol. The number of carbonyl (C=O) groups is 1. The van der Waals surface area contributed by atoms with Crippen LogP contribution in [-0.4, -0.2) is 37.6 Å². The third-order valence-corrected chi connectivity index (χ3v) is 4.71. The van der Waals surface area contributed by atoms with Crippen LogP contribution < -0.4 is 9.64 Å². The molecule has 1 saturated heterocycles. The van der Waals surface area contributed by atoms with Crippen LogP contribution in [0.1, 0.15) is 25.7 Å². The molecule has 1 saturated carbocycles. The van der Waals surface area contributed by atoms with Crippen LogP contribution >= 0.6 is 0 Å². The fourth-order valence-corrected chi connectivity index (χ4v) is 3.65. The molecule has 0 N–H and O–H groups in total. The first-order chi connectivity index (χ1) is 10.7. The quantitative estimate of drug-likeness (QED) is 0.798. The molecule has 6 heteroatoms. The number of fused-ring (bicyclic) bond motifs is 1. The second-order valence-corrected chi connectivity index (χ2v) is 5.98. The second-order valence-electron chi connectivity index (χ2n) is 5.98. The van der Waals surface area contributed by atoms with Crippen LogP contribution in [0.5, 0.6) is 5.75 Å². The maximum atomic E-state index is 13.9. The first-order valence-corrected chi connectivity index (χ1v) is 7.70. The Kier molecular flexibility index (Phi) is 3.31. The van der Waals surface area contributed by atoms with Crippen LogP contribution in [0.4, 0.5) is 10.1 Å². The molecule has 22 heavy (non-hydrogen) atoms. The summed E-state index contributed by atoms with van der Waals surface area (Å²) in [6, 6.07) is 4.73. The Balaban J connectivity index is 1.58. The van der Waals surface area contributed by atoms with Crippen molar-refractivity contribution < 1.29 is 23.4 Å². The molecule has 0 radical (unpaired) electrons. The van der Waals surface area contributed by atoms with Crippen molar-refractivity contribution >= 4 is 11.6 Å². The van der Waals surface area contributed by atoms with Gasteiger partial charge >= 0.3 is 0 Å². The summed E-state index contributed by atoms with van der Waals surface area (Å²) in [5.74, 6) is -0.829. The number of benzene rings is 1. The van der Waals surface area contributed by atoms with Gasteiger partial charge in [0.25, 0.3) is 5.91 Å². The van der Waals surface area contributed by atoms with Crippen molar-refractivity contribution in [1.82, 2.24) is 0 Å². The summed E-state index contributed by atoms with van der Waals surface area (Å²) in [5.41, 5.74) is 0.533. The van der Waals surface area contributed by atoms with E-state index in [0.29, 0.717) is 18.9 Å². The highest BCUT2D eigenvalue weighted by Crippen LogP contribution is 2.42. The van der Waals surface area contributed by atoms with Crippen LogP contribution in [0.3, 0.4) is 0 Å². The van der Waals surface area contributed by atoms with Crippen LogP contribution in [-0.2, 0) is 14.3 Å². The molecule has 2 aliphatic heterocycles. The van der Waals surface area contributed by atoms with E-state index in [9.17, 15) is 9.18 Å². The Bertz CT molecular complexity index is 590. The minimum absolute atomic E-state index is 0.0374. The first kappa shape index (κ1) is 14.0. The lowest BCUT2D eigenvalue weighted by molar-refractivity contribution is -0.179. The summed E-state index contributed by atoms with van der Waals surface area (Å²) in [6.45, 7) is 1.16. The van der Waals surface area contributed by atoms with Gasteiger partial charge in [0.2, 0.25) is 0 Å². The summed E-state index contributed by atoms with van der Waals surface area (Å²) >= 11 is 0. The van der Waals surface area contributed by atoms with Crippen LogP contribution in [0.2, 0.25) is 0 Å². The van der Waals surface area contributed by atoms with Gasteiger partial charge in [-0.1, -0.05) is 6.07 Å². The highest BCUT2D eigenvalue weighted by molar-refractivity contribution is 5.98. The lowest BCUT2D eigenvalue weighted by Gasteiger charge is -2.42. The zero-order chi connectivity index (χ0) is 15.2. The maximum Gasteiger partial charge on any atom is 0.265 e. The summed E-state index contributed by atoms with van der Waals surface area (Å²) in [4.78, 5) is 14.0. The number of hydrogen-bond donors (Lipinski definition) is 0. The number of amides is 1. The number of rotatable bonds is 1. The van der Waals surface area contributed by atoms with Crippen LogP contribution in [0.25, 0.3) is 0 Å². The van der Waals surface area contributed by atoms with Crippen molar-refractivity contribution in [3.8, 4) is 5.75 Å². The molecule has 4 rings (SSSR count). The monoisotopic (exact) mass is 307 g/mol. The van der Waals surface area contributed by atoms with Gasteiger partial charge in [-0.15, -0.1) is 0 Å². The fraction of sp³-hybridized carbons (Fsp3) is 0.562. The number of hydrogen-bond acceptors (Lipinski definition) is 4. The molecule has 1 amide bonds. The molecule has 2 fully saturated rings. The third-order valence-electron chi connectivity index (χ3n) is 4.71. The van der Waals surface area contributed by atoms with E-state index in [0.717, 1.165) is 25.7 Å². The largest absolute Gasteiger partial charge is 0.478 e. The summed E-state index contributed by atoms with van der Waals surface area (Å²) in [5, 5.41) is 0. The SMILES string of the molecule is O=C1COc2c(F)cccc2N1C1CCC2(CC1)OCCO2. The van der Waals surface area contributed by atoms with Crippen LogP contribution in [0, 0.1) is 5.82 Å². The van der Waals surface area contributed by atoms with Gasteiger partial charge in [-0.05, 0) is 25.0 Å². The van der Waals surface area contributed by atoms with E-state index < -0.39 is 11.6 Å². The lowest BCUT2D eigenvalue weighted by atomic mass is 9.88. The number of anilines is 1. The molecule has 0 aromatic heterocycles. The number of para-hydroxylation sites is 1. The van der Waals surface area contributed by atoms with Crippen molar-refractivity contribution in [2.24, 2.45) is 0 Å². The van der Waals surface area contributed by atoms with E-state index in [1.807, 2.05) is 0 Å². The summed E-state index contributed by atoms with van der Waals surface area (Å²) in [7, 11) is 0. The van der Waals surface area contributed by atoms with Gasteiger partial charge in [0.15, 0.2) is 24.0 Å². The van der Waals surface area contributed by atoms with Crippen molar-refractivity contribution in [1.29, 1.82) is 0 Å². The Labute approximate surface area is 127 Å². The molecule has 1 aromatic rings. The van der Waals surface area contributed by atoms with Crippen molar-refractivity contribution in [2.45, 2.75) is 37.5 Å². The maximum absolute atomic E-state index is 13.9. The zero-order valence-electron chi connectivity index (χ0n) is 12.2. The van der Waals surface area contributed by atoms with Gasteiger partial charge in [0, 0.05) is 18.9 Å². The van der Waals surface area contributed by atoms with Gasteiger partial charge in [-0.2, -0.15) is 0 Å². The molecule has 3 aliphatic rings. The smallest absolute Gasteiger partial charge is 0.265 e. The Morgan fingerprint density at radius 2 is 1.91 bits per heavy atom. The minimum atomic E-state index is -0.462. The highest BCUT2D eigenvalue weighted by Gasteiger charge is 2.43. The Hall–Kier alpha value is -1.66. The molecule has 0 atom stereocenters. The molecule has 0 bridgehead atoms. The number of nitrogens with zero attached hydrogens (tertiary/aromatic N) is 1. The topological polar surface area (TPSA) is 48.0 Å². The number of ether oxygens (including phenoxy) is 3. The van der Waals surface area contributed by atoms with Crippen molar-refractivity contribution in [3.05, 3.63) is 24.0 Å². The normalized spacial score (nSPS) is 24.4.